The van der Waals surface area contributed by atoms with E-state index in [1.54, 1.807) is 0 Å². The molecule has 7 heteroatoms. The molecular weight excluding hydrogens is 391 g/mol. The van der Waals surface area contributed by atoms with E-state index in [-0.39, 0.29) is 23.8 Å². The third-order valence-corrected chi connectivity index (χ3v) is 5.73. The van der Waals surface area contributed by atoms with Gasteiger partial charge in [0.25, 0.3) is 0 Å². The molecule has 0 saturated heterocycles. The summed E-state index contributed by atoms with van der Waals surface area (Å²) in [5, 5.41) is 6.96. The van der Waals surface area contributed by atoms with E-state index in [2.05, 4.69) is 10.3 Å². The molecule has 142 valence electrons. The largest absolute Gasteiger partial charge is 0.372 e. The molecule has 1 heterocycles. The van der Waals surface area contributed by atoms with E-state index in [0.29, 0.717) is 23.2 Å². The summed E-state index contributed by atoms with van der Waals surface area (Å²) < 4.78 is 5.53. The number of carbonyl (C=O) groups is 1. The fourth-order valence-electron chi connectivity index (χ4n) is 2.69. The van der Waals surface area contributed by atoms with Gasteiger partial charge in [-0.1, -0.05) is 43.1 Å². The molecule has 0 spiro atoms. The summed E-state index contributed by atoms with van der Waals surface area (Å²) in [5.74, 6) is -0.0813. The third kappa shape index (κ3) is 5.43. The van der Waals surface area contributed by atoms with Crippen molar-refractivity contribution in [2.45, 2.75) is 45.6 Å². The zero-order valence-electron chi connectivity index (χ0n) is 15.4. The van der Waals surface area contributed by atoms with E-state index < -0.39 is 0 Å². The molecule has 0 saturated carbocycles. The Morgan fingerprint density at radius 2 is 2.00 bits per heavy atom. The smallest absolute Gasteiger partial charge is 0.226 e. The second-order valence-electron chi connectivity index (χ2n) is 6.71. The van der Waals surface area contributed by atoms with Crippen LogP contribution in [0.1, 0.15) is 50.1 Å². The van der Waals surface area contributed by atoms with E-state index in [1.165, 1.54) is 11.3 Å². The zero-order chi connectivity index (χ0) is 19.3. The van der Waals surface area contributed by atoms with Crippen molar-refractivity contribution in [1.29, 1.82) is 0 Å². The van der Waals surface area contributed by atoms with Crippen LogP contribution in [0.3, 0.4) is 0 Å². The molecule has 4 nitrogen and oxygen atoms in total. The molecule has 0 bridgehead atoms. The first-order valence-electron chi connectivity index (χ1n) is 8.51. The van der Waals surface area contributed by atoms with Crippen LogP contribution in [0.5, 0.6) is 0 Å². The normalized spacial score (nSPS) is 12.8. The van der Waals surface area contributed by atoms with E-state index in [1.807, 2.05) is 51.3 Å². The Hall–Kier alpha value is -1.14. The topological polar surface area (TPSA) is 51.2 Å². The predicted octanol–water partition coefficient (Wildman–Crippen LogP) is 5.18. The van der Waals surface area contributed by atoms with Gasteiger partial charge in [-0.05, 0) is 31.5 Å². The number of thiazole rings is 1. The standard InChI is InChI=1S/C19H24Cl2N2O2S/c1-5-25-12(2)18-23-13(10-26-18)9-16(24)22-11-19(3,4)17-14(20)7-6-8-15(17)21/h6-8,10,12H,5,9,11H2,1-4H3,(H,22,24). The van der Waals surface area contributed by atoms with Gasteiger partial charge in [0.2, 0.25) is 5.91 Å². The Kier molecular flexibility index (Phi) is 7.47. The molecule has 0 fully saturated rings. The maximum Gasteiger partial charge on any atom is 0.226 e. The molecule has 2 aromatic rings. The number of benzene rings is 1. The molecule has 1 N–H and O–H groups in total. The average Bonchev–Trinajstić information content (AvgIpc) is 3.01. The summed E-state index contributed by atoms with van der Waals surface area (Å²) in [5.41, 5.74) is 1.20. The van der Waals surface area contributed by atoms with Gasteiger partial charge in [-0.25, -0.2) is 4.98 Å². The Labute approximate surface area is 168 Å². The van der Waals surface area contributed by atoms with Crippen molar-refractivity contribution in [3.63, 3.8) is 0 Å². The predicted molar refractivity (Wildman–Crippen MR) is 108 cm³/mol. The summed E-state index contributed by atoms with van der Waals surface area (Å²) in [4.78, 5) is 16.8. The number of ether oxygens (including phenoxy) is 1. The van der Waals surface area contributed by atoms with Gasteiger partial charge in [-0.15, -0.1) is 11.3 Å². The lowest BCUT2D eigenvalue weighted by Gasteiger charge is -2.27. The van der Waals surface area contributed by atoms with Crippen molar-refractivity contribution in [1.82, 2.24) is 10.3 Å². The number of halogens is 2. The summed E-state index contributed by atoms with van der Waals surface area (Å²) in [6.45, 7) is 8.99. The Bertz CT molecular complexity index is 741. The fraction of sp³-hybridized carbons (Fsp3) is 0.474. The SMILES string of the molecule is CCOC(C)c1nc(CC(=O)NCC(C)(C)c2c(Cl)cccc2Cl)cs1. The number of hydrogen-bond acceptors (Lipinski definition) is 4. The quantitative estimate of drug-likeness (QED) is 0.646. The van der Waals surface area contributed by atoms with E-state index in [9.17, 15) is 4.79 Å². The van der Waals surface area contributed by atoms with E-state index >= 15 is 0 Å². The molecule has 1 aromatic carbocycles. The highest BCUT2D eigenvalue weighted by Gasteiger charge is 2.26. The second kappa shape index (κ2) is 9.18. The molecule has 0 aliphatic carbocycles. The van der Waals surface area contributed by atoms with Crippen LogP contribution < -0.4 is 5.32 Å². The first-order valence-corrected chi connectivity index (χ1v) is 10.1. The summed E-state index contributed by atoms with van der Waals surface area (Å²) in [6.07, 6.45) is 0.185. The molecular formula is C19H24Cl2N2O2S. The number of hydrogen-bond donors (Lipinski definition) is 1. The molecule has 26 heavy (non-hydrogen) atoms. The van der Waals surface area contributed by atoms with Gasteiger partial charge in [-0.2, -0.15) is 0 Å². The van der Waals surface area contributed by atoms with Crippen molar-refractivity contribution >= 4 is 40.4 Å². The van der Waals surface area contributed by atoms with Crippen molar-refractivity contribution in [3.8, 4) is 0 Å². The minimum atomic E-state index is -0.387. The highest BCUT2D eigenvalue weighted by Crippen LogP contribution is 2.35. The van der Waals surface area contributed by atoms with Gasteiger partial charge in [0.15, 0.2) is 0 Å². The molecule has 0 radical (unpaired) electrons. The molecule has 1 aromatic heterocycles. The molecule has 0 aliphatic heterocycles. The number of aromatic nitrogens is 1. The maximum atomic E-state index is 12.3. The Morgan fingerprint density at radius 3 is 2.62 bits per heavy atom. The van der Waals surface area contributed by atoms with Gasteiger partial charge in [0.1, 0.15) is 11.1 Å². The first kappa shape index (κ1) is 21.2. The van der Waals surface area contributed by atoms with Crippen molar-refractivity contribution in [2.24, 2.45) is 0 Å². The van der Waals surface area contributed by atoms with Crippen LogP contribution in [-0.4, -0.2) is 24.0 Å². The number of nitrogens with one attached hydrogen (secondary N) is 1. The van der Waals surface area contributed by atoms with Gasteiger partial charge in [-0.3, -0.25) is 4.79 Å². The number of rotatable bonds is 8. The van der Waals surface area contributed by atoms with Crippen LogP contribution in [0.15, 0.2) is 23.6 Å². The number of nitrogens with zero attached hydrogens (tertiary/aromatic N) is 1. The Morgan fingerprint density at radius 1 is 1.35 bits per heavy atom. The summed E-state index contributed by atoms with van der Waals surface area (Å²) >= 11 is 14.1. The minimum absolute atomic E-state index is 0.0527. The number of amides is 1. The highest BCUT2D eigenvalue weighted by atomic mass is 35.5. The lowest BCUT2D eigenvalue weighted by Crippen LogP contribution is -2.37. The Balaban J connectivity index is 1.96. The molecule has 1 atom stereocenters. The van der Waals surface area contributed by atoms with Crippen LogP contribution in [0.25, 0.3) is 0 Å². The molecule has 1 unspecified atom stereocenters. The van der Waals surface area contributed by atoms with Crippen LogP contribution in [0.2, 0.25) is 10.0 Å². The van der Waals surface area contributed by atoms with Crippen molar-refractivity contribution in [3.05, 3.63) is 49.9 Å². The highest BCUT2D eigenvalue weighted by molar-refractivity contribution is 7.09. The third-order valence-electron chi connectivity index (χ3n) is 4.04. The fourth-order valence-corrected chi connectivity index (χ4v) is 4.42. The number of carbonyl (C=O) groups excluding carboxylic acids is 1. The monoisotopic (exact) mass is 414 g/mol. The van der Waals surface area contributed by atoms with Crippen LogP contribution in [-0.2, 0) is 21.4 Å². The summed E-state index contributed by atoms with van der Waals surface area (Å²) in [7, 11) is 0. The van der Waals surface area contributed by atoms with Crippen molar-refractivity contribution in [2.75, 3.05) is 13.2 Å². The van der Waals surface area contributed by atoms with Gasteiger partial charge in [0.05, 0.1) is 12.1 Å². The van der Waals surface area contributed by atoms with E-state index in [4.69, 9.17) is 27.9 Å². The van der Waals surface area contributed by atoms with Crippen LogP contribution in [0, 0.1) is 0 Å². The van der Waals surface area contributed by atoms with Crippen LogP contribution in [0.4, 0.5) is 0 Å². The lowest BCUT2D eigenvalue weighted by atomic mass is 9.84. The zero-order valence-corrected chi connectivity index (χ0v) is 17.8. The van der Waals surface area contributed by atoms with Gasteiger partial charge in [0, 0.05) is 34.0 Å². The first-order chi connectivity index (χ1) is 12.2. The minimum Gasteiger partial charge on any atom is -0.372 e. The molecule has 0 aliphatic rings. The lowest BCUT2D eigenvalue weighted by molar-refractivity contribution is -0.120. The molecule has 1 amide bonds. The molecule has 2 rings (SSSR count). The summed E-state index contributed by atoms with van der Waals surface area (Å²) in [6, 6.07) is 5.43. The maximum absolute atomic E-state index is 12.3. The van der Waals surface area contributed by atoms with Gasteiger partial charge < -0.3 is 10.1 Å². The van der Waals surface area contributed by atoms with E-state index in [0.717, 1.165) is 16.3 Å². The second-order valence-corrected chi connectivity index (χ2v) is 8.41. The van der Waals surface area contributed by atoms with Gasteiger partial charge >= 0.3 is 0 Å². The van der Waals surface area contributed by atoms with Crippen LogP contribution >= 0.6 is 34.5 Å². The average molecular weight is 415 g/mol. The van der Waals surface area contributed by atoms with Crippen molar-refractivity contribution < 1.29 is 9.53 Å².